The highest BCUT2D eigenvalue weighted by atomic mass is 32.2. The van der Waals surface area contributed by atoms with Gasteiger partial charge < -0.3 is 20.1 Å². The van der Waals surface area contributed by atoms with Gasteiger partial charge in [-0.25, -0.2) is 4.79 Å². The maximum absolute atomic E-state index is 11.9. The molecule has 0 aromatic heterocycles. The minimum atomic E-state index is -0.606. The average molecular weight is 306 g/mol. The quantitative estimate of drug-likeness (QED) is 0.594. The molecule has 0 amide bonds. The molecule has 5 nitrogen and oxygen atoms in total. The molecule has 0 unspecified atom stereocenters. The number of carbonyl (C=O) groups excluding carboxylic acids is 1. The predicted molar refractivity (Wildman–Crippen MR) is 78.0 cm³/mol. The first-order valence-electron chi connectivity index (χ1n) is 6.22. The molecular formula is C15H14O5S. The minimum Gasteiger partial charge on any atom is -0.507 e. The average Bonchev–Trinajstić information content (AvgIpc) is 2.45. The van der Waals surface area contributed by atoms with Crippen LogP contribution < -0.4 is 0 Å². The Bertz CT molecular complexity index is 669. The van der Waals surface area contributed by atoms with Crippen LogP contribution in [0.15, 0.2) is 46.2 Å². The first-order chi connectivity index (χ1) is 10.0. The summed E-state index contributed by atoms with van der Waals surface area (Å²) in [6.07, 6.45) is 0. The summed E-state index contributed by atoms with van der Waals surface area (Å²) in [6.45, 7) is 1.87. The van der Waals surface area contributed by atoms with Crippen molar-refractivity contribution in [2.75, 3.05) is 6.61 Å². The van der Waals surface area contributed by atoms with Gasteiger partial charge in [-0.05, 0) is 31.2 Å². The van der Waals surface area contributed by atoms with Gasteiger partial charge in [-0.15, -0.1) is 0 Å². The van der Waals surface area contributed by atoms with E-state index in [9.17, 15) is 20.1 Å². The third-order valence-corrected chi connectivity index (χ3v) is 3.78. The van der Waals surface area contributed by atoms with Crippen LogP contribution in [-0.4, -0.2) is 27.9 Å². The van der Waals surface area contributed by atoms with Crippen molar-refractivity contribution in [3.05, 3.63) is 42.0 Å². The maximum atomic E-state index is 11.9. The fourth-order valence-corrected chi connectivity index (χ4v) is 2.65. The zero-order valence-electron chi connectivity index (χ0n) is 11.2. The maximum Gasteiger partial charge on any atom is 0.339 e. The molecule has 0 spiro atoms. The lowest BCUT2D eigenvalue weighted by atomic mass is 10.2. The number of carbonyl (C=O) groups is 1. The number of aromatic hydroxyl groups is 3. The zero-order chi connectivity index (χ0) is 15.4. The fraction of sp³-hybridized carbons (Fsp3) is 0.133. The van der Waals surface area contributed by atoms with E-state index in [0.717, 1.165) is 17.8 Å². The van der Waals surface area contributed by atoms with Crippen LogP contribution in [0.5, 0.6) is 17.2 Å². The summed E-state index contributed by atoms with van der Waals surface area (Å²) in [4.78, 5) is 12.8. The van der Waals surface area contributed by atoms with E-state index in [1.54, 1.807) is 25.1 Å². The molecule has 2 aromatic carbocycles. The molecule has 6 heteroatoms. The number of hydrogen-bond acceptors (Lipinski definition) is 6. The number of esters is 1. The standard InChI is InChI=1S/C15H14O5S/c1-2-20-15(19)9-7-11(17)12(18)8-14(9)21-13-6-4-3-5-10(13)16/h3-8,16-18H,2H2,1H3. The van der Waals surface area contributed by atoms with Gasteiger partial charge in [-0.3, -0.25) is 0 Å². The Kier molecular flexibility index (Phi) is 4.59. The van der Waals surface area contributed by atoms with Gasteiger partial charge in [0.1, 0.15) is 5.75 Å². The highest BCUT2D eigenvalue weighted by Gasteiger charge is 2.18. The van der Waals surface area contributed by atoms with Gasteiger partial charge in [0.15, 0.2) is 11.5 Å². The first kappa shape index (κ1) is 15.1. The third kappa shape index (κ3) is 3.41. The predicted octanol–water partition coefficient (Wildman–Crippen LogP) is 3.13. The molecule has 0 atom stereocenters. The molecule has 0 aliphatic carbocycles. The molecule has 0 saturated heterocycles. The van der Waals surface area contributed by atoms with Crippen molar-refractivity contribution in [3.8, 4) is 17.2 Å². The molecule has 0 bridgehead atoms. The summed E-state index contributed by atoms with van der Waals surface area (Å²) in [5.41, 5.74) is 0.125. The molecule has 0 aliphatic rings. The lowest BCUT2D eigenvalue weighted by Crippen LogP contribution is -2.06. The number of hydrogen-bond donors (Lipinski definition) is 3. The fourth-order valence-electron chi connectivity index (χ4n) is 1.67. The number of phenols is 3. The van der Waals surface area contributed by atoms with E-state index >= 15 is 0 Å². The lowest BCUT2D eigenvalue weighted by Gasteiger charge is -2.11. The largest absolute Gasteiger partial charge is 0.507 e. The summed E-state index contributed by atoms with van der Waals surface area (Å²) < 4.78 is 4.92. The molecule has 21 heavy (non-hydrogen) atoms. The third-order valence-electron chi connectivity index (χ3n) is 2.66. The highest BCUT2D eigenvalue weighted by Crippen LogP contribution is 2.40. The normalized spacial score (nSPS) is 10.3. The van der Waals surface area contributed by atoms with E-state index in [1.807, 2.05) is 0 Å². The number of para-hydroxylation sites is 1. The Labute approximate surface area is 125 Å². The second-order valence-corrected chi connectivity index (χ2v) is 5.21. The Morgan fingerprint density at radius 3 is 2.38 bits per heavy atom. The van der Waals surface area contributed by atoms with Gasteiger partial charge in [-0.1, -0.05) is 23.9 Å². The number of benzene rings is 2. The van der Waals surface area contributed by atoms with Crippen LogP contribution >= 0.6 is 11.8 Å². The smallest absolute Gasteiger partial charge is 0.339 e. The zero-order valence-corrected chi connectivity index (χ0v) is 12.1. The van der Waals surface area contributed by atoms with Crippen LogP contribution in [0.1, 0.15) is 17.3 Å². The van der Waals surface area contributed by atoms with Crippen molar-refractivity contribution in [1.29, 1.82) is 0 Å². The number of rotatable bonds is 4. The lowest BCUT2D eigenvalue weighted by molar-refractivity contribution is 0.0521. The SMILES string of the molecule is CCOC(=O)c1cc(O)c(O)cc1Sc1ccccc1O. The van der Waals surface area contributed by atoms with Crippen molar-refractivity contribution in [2.24, 2.45) is 0 Å². The Morgan fingerprint density at radius 2 is 1.71 bits per heavy atom. The van der Waals surface area contributed by atoms with Crippen LogP contribution in [0.25, 0.3) is 0 Å². The molecule has 0 fully saturated rings. The first-order valence-corrected chi connectivity index (χ1v) is 7.03. The summed E-state index contributed by atoms with van der Waals surface area (Å²) in [5.74, 6) is -1.30. The Balaban J connectivity index is 2.44. The van der Waals surface area contributed by atoms with Crippen LogP contribution in [-0.2, 0) is 4.74 Å². The molecule has 2 aromatic rings. The Morgan fingerprint density at radius 1 is 1.05 bits per heavy atom. The van der Waals surface area contributed by atoms with E-state index in [-0.39, 0.29) is 23.7 Å². The summed E-state index contributed by atoms with van der Waals surface area (Å²) in [7, 11) is 0. The summed E-state index contributed by atoms with van der Waals surface area (Å²) in [5, 5.41) is 28.9. The van der Waals surface area contributed by atoms with Crippen molar-refractivity contribution in [2.45, 2.75) is 16.7 Å². The van der Waals surface area contributed by atoms with Gasteiger partial charge in [0.05, 0.1) is 17.1 Å². The van der Waals surface area contributed by atoms with E-state index in [2.05, 4.69) is 0 Å². The van der Waals surface area contributed by atoms with Gasteiger partial charge in [0.25, 0.3) is 0 Å². The molecule has 2 rings (SSSR count). The van der Waals surface area contributed by atoms with Gasteiger partial charge in [0.2, 0.25) is 0 Å². The molecular weight excluding hydrogens is 292 g/mol. The monoisotopic (exact) mass is 306 g/mol. The van der Waals surface area contributed by atoms with Crippen molar-refractivity contribution in [3.63, 3.8) is 0 Å². The van der Waals surface area contributed by atoms with E-state index in [0.29, 0.717) is 9.79 Å². The van der Waals surface area contributed by atoms with Crippen LogP contribution in [0, 0.1) is 0 Å². The molecule has 0 aliphatic heterocycles. The van der Waals surface area contributed by atoms with Crippen molar-refractivity contribution in [1.82, 2.24) is 0 Å². The molecule has 3 N–H and O–H groups in total. The van der Waals surface area contributed by atoms with Crippen molar-refractivity contribution >= 4 is 17.7 Å². The van der Waals surface area contributed by atoms with E-state index in [1.165, 1.54) is 12.1 Å². The van der Waals surface area contributed by atoms with Crippen molar-refractivity contribution < 1.29 is 24.9 Å². The van der Waals surface area contributed by atoms with E-state index in [4.69, 9.17) is 4.74 Å². The Hall–Kier alpha value is -2.34. The van der Waals surface area contributed by atoms with E-state index < -0.39 is 11.7 Å². The summed E-state index contributed by atoms with van der Waals surface area (Å²) in [6, 6.07) is 9.03. The van der Waals surface area contributed by atoms with Gasteiger partial charge >= 0.3 is 5.97 Å². The second kappa shape index (κ2) is 6.41. The van der Waals surface area contributed by atoms with Crippen LogP contribution in [0.3, 0.4) is 0 Å². The van der Waals surface area contributed by atoms with Gasteiger partial charge in [-0.2, -0.15) is 0 Å². The number of phenolic OH excluding ortho intramolecular Hbond substituents is 3. The topological polar surface area (TPSA) is 87.0 Å². The van der Waals surface area contributed by atoms with Crippen LogP contribution in [0.2, 0.25) is 0 Å². The molecule has 0 saturated carbocycles. The minimum absolute atomic E-state index is 0.0601. The van der Waals surface area contributed by atoms with Gasteiger partial charge in [0, 0.05) is 4.90 Å². The molecule has 110 valence electrons. The second-order valence-electron chi connectivity index (χ2n) is 4.13. The summed E-state index contributed by atoms with van der Waals surface area (Å²) >= 11 is 1.10. The molecule has 0 heterocycles. The van der Waals surface area contributed by atoms with Crippen LogP contribution in [0.4, 0.5) is 0 Å². The highest BCUT2D eigenvalue weighted by molar-refractivity contribution is 7.99. The molecule has 0 radical (unpaired) electrons. The number of ether oxygens (including phenoxy) is 1.